The van der Waals surface area contributed by atoms with Gasteiger partial charge < -0.3 is 5.11 Å². The van der Waals surface area contributed by atoms with Crippen molar-refractivity contribution in [3.8, 4) is 0 Å². The van der Waals surface area contributed by atoms with Crippen LogP contribution in [0.2, 0.25) is 5.02 Å². The van der Waals surface area contributed by atoms with Crippen LogP contribution in [0.15, 0.2) is 22.4 Å². The van der Waals surface area contributed by atoms with Crippen LogP contribution in [0.1, 0.15) is 11.3 Å². The Balaban J connectivity index is 2.41. The van der Waals surface area contributed by atoms with Crippen LogP contribution in [-0.2, 0) is 16.6 Å². The predicted molar refractivity (Wildman–Crippen MR) is 75.0 cm³/mol. The van der Waals surface area contributed by atoms with Crippen molar-refractivity contribution in [2.45, 2.75) is 18.4 Å². The number of rotatable bonds is 4. The Kier molecular flexibility index (Phi) is 4.28. The number of hydrogen-bond acceptors (Lipinski definition) is 5. The van der Waals surface area contributed by atoms with Gasteiger partial charge in [0.25, 0.3) is 10.0 Å². The lowest BCUT2D eigenvalue weighted by Crippen LogP contribution is -2.13. The molecule has 0 aliphatic carbocycles. The van der Waals surface area contributed by atoms with E-state index >= 15 is 0 Å². The van der Waals surface area contributed by atoms with Crippen molar-refractivity contribution in [3.63, 3.8) is 0 Å². The summed E-state index contributed by atoms with van der Waals surface area (Å²) in [4.78, 5) is 3.64. The summed E-state index contributed by atoms with van der Waals surface area (Å²) in [6, 6.07) is 1.92. The lowest BCUT2D eigenvalue weighted by atomic mass is 10.2. The maximum atomic E-state index is 13.6. The fourth-order valence-corrected chi connectivity index (χ4v) is 3.63. The number of aliphatic hydroxyl groups excluding tert-OH is 1. The molecule has 9 heteroatoms. The van der Waals surface area contributed by atoms with Gasteiger partial charge in [-0.15, -0.1) is 11.3 Å². The van der Waals surface area contributed by atoms with Crippen molar-refractivity contribution in [2.24, 2.45) is 0 Å². The van der Waals surface area contributed by atoms with Crippen LogP contribution in [0.5, 0.6) is 0 Å². The molecule has 0 saturated carbocycles. The minimum absolute atomic E-state index is 0.00219. The van der Waals surface area contributed by atoms with Gasteiger partial charge in [0.2, 0.25) is 0 Å². The average Bonchev–Trinajstić information content (AvgIpc) is 2.77. The SMILES string of the molecule is Cc1csc(NS(=O)(=O)c2cc(F)c(Cl)c(CO)c2)n1. The van der Waals surface area contributed by atoms with Crippen molar-refractivity contribution < 1.29 is 17.9 Å². The number of benzene rings is 1. The fourth-order valence-electron chi connectivity index (χ4n) is 1.46. The zero-order valence-corrected chi connectivity index (χ0v) is 12.6. The summed E-state index contributed by atoms with van der Waals surface area (Å²) < 4.78 is 40.0. The van der Waals surface area contributed by atoms with Gasteiger partial charge >= 0.3 is 0 Å². The molecule has 0 fully saturated rings. The number of halogens is 2. The highest BCUT2D eigenvalue weighted by atomic mass is 35.5. The van der Waals surface area contributed by atoms with Crippen LogP contribution in [0, 0.1) is 12.7 Å². The van der Waals surface area contributed by atoms with Crippen LogP contribution >= 0.6 is 22.9 Å². The number of aryl methyl sites for hydroxylation is 1. The molecular weight excluding hydrogens is 327 g/mol. The molecule has 0 amide bonds. The monoisotopic (exact) mass is 336 g/mol. The van der Waals surface area contributed by atoms with Crippen LogP contribution < -0.4 is 4.72 Å². The van der Waals surface area contributed by atoms with Gasteiger partial charge in [-0.2, -0.15) is 0 Å². The van der Waals surface area contributed by atoms with Gasteiger partial charge in [-0.1, -0.05) is 11.6 Å². The van der Waals surface area contributed by atoms with Crippen LogP contribution in [0.25, 0.3) is 0 Å². The van der Waals surface area contributed by atoms with E-state index in [9.17, 15) is 12.8 Å². The second-order valence-electron chi connectivity index (χ2n) is 3.94. The van der Waals surface area contributed by atoms with Crippen LogP contribution in [0.4, 0.5) is 9.52 Å². The number of hydrogen-bond donors (Lipinski definition) is 2. The van der Waals surface area contributed by atoms with E-state index in [0.29, 0.717) is 5.69 Å². The third-order valence-corrected chi connectivity index (χ3v) is 5.14. The van der Waals surface area contributed by atoms with Gasteiger partial charge in [-0.3, -0.25) is 4.72 Å². The first-order valence-electron chi connectivity index (χ1n) is 5.37. The third kappa shape index (κ3) is 3.09. The number of nitrogens with zero attached hydrogens (tertiary/aromatic N) is 1. The summed E-state index contributed by atoms with van der Waals surface area (Å²) in [7, 11) is -3.98. The second kappa shape index (κ2) is 5.65. The lowest BCUT2D eigenvalue weighted by molar-refractivity contribution is 0.281. The third-order valence-electron chi connectivity index (χ3n) is 2.40. The Morgan fingerprint density at radius 3 is 2.75 bits per heavy atom. The van der Waals surface area contributed by atoms with E-state index in [4.69, 9.17) is 16.7 Å². The van der Waals surface area contributed by atoms with Crippen molar-refractivity contribution in [1.82, 2.24) is 4.98 Å². The summed E-state index contributed by atoms with van der Waals surface area (Å²) in [5.41, 5.74) is 0.674. The number of thiazole rings is 1. The smallest absolute Gasteiger partial charge is 0.263 e. The summed E-state index contributed by atoms with van der Waals surface area (Å²) in [6.45, 7) is 1.16. The molecule has 0 unspecified atom stereocenters. The van der Waals surface area contributed by atoms with E-state index in [0.717, 1.165) is 23.5 Å². The first-order valence-corrected chi connectivity index (χ1v) is 8.11. The second-order valence-corrected chi connectivity index (χ2v) is 6.85. The van der Waals surface area contributed by atoms with Crippen molar-refractivity contribution in [2.75, 3.05) is 4.72 Å². The number of sulfonamides is 1. The number of aliphatic hydroxyl groups is 1. The summed E-state index contributed by atoms with van der Waals surface area (Å²) >= 11 is 6.74. The molecule has 0 radical (unpaired) electrons. The van der Waals surface area contributed by atoms with Gasteiger partial charge in [0.15, 0.2) is 5.13 Å². The van der Waals surface area contributed by atoms with Gasteiger partial charge in [-0.25, -0.2) is 17.8 Å². The molecule has 5 nitrogen and oxygen atoms in total. The predicted octanol–water partition coefficient (Wildman–Crippen LogP) is 2.54. The topological polar surface area (TPSA) is 79.3 Å². The van der Waals surface area contributed by atoms with Gasteiger partial charge in [0.05, 0.1) is 22.2 Å². The number of anilines is 1. The Morgan fingerprint density at radius 1 is 1.50 bits per heavy atom. The minimum Gasteiger partial charge on any atom is -0.392 e. The summed E-state index contributed by atoms with van der Waals surface area (Å²) in [5, 5.41) is 10.6. The molecule has 0 saturated heterocycles. The van der Waals surface area contributed by atoms with Crippen molar-refractivity contribution in [3.05, 3.63) is 39.6 Å². The van der Waals surface area contributed by atoms with Crippen LogP contribution in [-0.4, -0.2) is 18.5 Å². The Labute approximate surface area is 124 Å². The Bertz CT molecular complexity index is 746. The molecule has 108 valence electrons. The first-order chi connectivity index (χ1) is 9.33. The minimum atomic E-state index is -3.98. The standard InChI is InChI=1S/C11H10ClFN2O3S2/c1-6-5-19-11(14-6)15-20(17,18)8-2-7(4-16)10(12)9(13)3-8/h2-3,5,16H,4H2,1H3,(H,14,15). The first kappa shape index (κ1) is 15.2. The van der Waals surface area contributed by atoms with Gasteiger partial charge in [0, 0.05) is 10.9 Å². The highest BCUT2D eigenvalue weighted by Gasteiger charge is 2.20. The van der Waals surface area contributed by atoms with E-state index in [1.165, 1.54) is 0 Å². The normalized spacial score (nSPS) is 11.6. The highest BCUT2D eigenvalue weighted by Crippen LogP contribution is 2.26. The van der Waals surface area contributed by atoms with Crippen molar-refractivity contribution in [1.29, 1.82) is 0 Å². The van der Waals surface area contributed by atoms with E-state index in [1.807, 2.05) is 0 Å². The largest absolute Gasteiger partial charge is 0.392 e. The summed E-state index contributed by atoms with van der Waals surface area (Å²) in [6.07, 6.45) is 0. The molecular formula is C11H10ClFN2O3S2. The molecule has 20 heavy (non-hydrogen) atoms. The molecule has 0 aliphatic rings. The van der Waals surface area contributed by atoms with E-state index in [1.54, 1.807) is 12.3 Å². The zero-order chi connectivity index (χ0) is 14.9. The number of nitrogens with one attached hydrogen (secondary N) is 1. The van der Waals surface area contributed by atoms with E-state index < -0.39 is 22.4 Å². The molecule has 1 heterocycles. The molecule has 1 aromatic carbocycles. The molecule has 2 rings (SSSR count). The maximum Gasteiger partial charge on any atom is 0.263 e. The quantitative estimate of drug-likeness (QED) is 0.899. The molecule has 0 bridgehead atoms. The van der Waals surface area contributed by atoms with Gasteiger partial charge in [0.1, 0.15) is 5.82 Å². The zero-order valence-electron chi connectivity index (χ0n) is 10.2. The van der Waals surface area contributed by atoms with E-state index in [2.05, 4.69) is 9.71 Å². The molecule has 0 aliphatic heterocycles. The van der Waals surface area contributed by atoms with Crippen molar-refractivity contribution >= 4 is 38.1 Å². The average molecular weight is 337 g/mol. The summed E-state index contributed by atoms with van der Waals surface area (Å²) in [5.74, 6) is -0.908. The fraction of sp³-hybridized carbons (Fsp3) is 0.182. The molecule has 0 spiro atoms. The molecule has 2 N–H and O–H groups in total. The van der Waals surface area contributed by atoms with E-state index in [-0.39, 0.29) is 20.6 Å². The molecule has 2 aromatic rings. The van der Waals surface area contributed by atoms with Crippen LogP contribution in [0.3, 0.4) is 0 Å². The maximum absolute atomic E-state index is 13.6. The lowest BCUT2D eigenvalue weighted by Gasteiger charge is -2.08. The van der Waals surface area contributed by atoms with Gasteiger partial charge in [-0.05, 0) is 19.1 Å². The molecule has 1 aromatic heterocycles. The number of aromatic nitrogens is 1. The molecule has 0 atom stereocenters. The Hall–Kier alpha value is -1.22. The highest BCUT2D eigenvalue weighted by molar-refractivity contribution is 7.93. The Morgan fingerprint density at radius 2 is 2.20 bits per heavy atom.